The fraction of sp³-hybridized carbons (Fsp3) is 0.235. The van der Waals surface area contributed by atoms with Crippen LogP contribution in [-0.4, -0.2) is 16.2 Å². The first-order valence-corrected chi connectivity index (χ1v) is 6.81. The summed E-state index contributed by atoms with van der Waals surface area (Å²) in [7, 11) is 0. The van der Waals surface area contributed by atoms with E-state index in [0.717, 1.165) is 0 Å². The molecule has 1 heterocycles. The van der Waals surface area contributed by atoms with Gasteiger partial charge in [0.05, 0.1) is 0 Å². The molecule has 4 nitrogen and oxygen atoms in total. The van der Waals surface area contributed by atoms with Crippen LogP contribution in [0.2, 0.25) is 0 Å². The molecule has 2 aromatic rings. The van der Waals surface area contributed by atoms with Crippen molar-refractivity contribution in [3.8, 4) is 17.2 Å². The summed E-state index contributed by atoms with van der Waals surface area (Å²) in [6.45, 7) is 3.88. The van der Waals surface area contributed by atoms with E-state index >= 15 is 0 Å². The monoisotopic (exact) mass is 284 g/mol. The van der Waals surface area contributed by atoms with Crippen LogP contribution in [0.1, 0.15) is 25.0 Å². The summed E-state index contributed by atoms with van der Waals surface area (Å²) in [5.74, 6) is 0.0721. The zero-order chi connectivity index (χ0) is 15.2. The lowest BCUT2D eigenvalue weighted by Gasteiger charge is -2.30. The number of carbonyl (C=O) groups excluding carboxylic acids is 1. The van der Waals surface area contributed by atoms with Gasteiger partial charge in [-0.3, -0.25) is 4.79 Å². The topological polar surface area (TPSA) is 66.8 Å². The molecule has 0 aromatic heterocycles. The van der Waals surface area contributed by atoms with Crippen LogP contribution in [0.3, 0.4) is 0 Å². The first-order chi connectivity index (χ1) is 9.96. The number of aromatic hydroxyl groups is 2. The van der Waals surface area contributed by atoms with Gasteiger partial charge < -0.3 is 14.9 Å². The highest BCUT2D eigenvalue weighted by Gasteiger charge is 2.53. The summed E-state index contributed by atoms with van der Waals surface area (Å²) in [4.78, 5) is 12.6. The molecule has 1 atom stereocenters. The average Bonchev–Trinajstić information content (AvgIpc) is 2.70. The number of hydrogen-bond donors (Lipinski definition) is 2. The van der Waals surface area contributed by atoms with Gasteiger partial charge in [-0.15, -0.1) is 0 Å². The molecule has 0 aliphatic carbocycles. The van der Waals surface area contributed by atoms with Crippen molar-refractivity contribution >= 4 is 5.97 Å². The lowest BCUT2D eigenvalue weighted by molar-refractivity contribution is -0.138. The molecule has 4 heteroatoms. The lowest BCUT2D eigenvalue weighted by atomic mass is 9.68. The van der Waals surface area contributed by atoms with Gasteiger partial charge in [0.15, 0.2) is 0 Å². The molecule has 1 unspecified atom stereocenters. The zero-order valence-corrected chi connectivity index (χ0v) is 11.8. The molecule has 0 amide bonds. The molecule has 3 rings (SSSR count). The Morgan fingerprint density at radius 3 is 2.43 bits per heavy atom. The molecule has 0 saturated heterocycles. The molecule has 108 valence electrons. The first-order valence-electron chi connectivity index (χ1n) is 6.81. The predicted molar refractivity (Wildman–Crippen MR) is 77.5 cm³/mol. The van der Waals surface area contributed by atoms with Crippen molar-refractivity contribution in [2.24, 2.45) is 5.92 Å². The molecule has 2 aromatic carbocycles. The summed E-state index contributed by atoms with van der Waals surface area (Å²) >= 11 is 0. The molecule has 21 heavy (non-hydrogen) atoms. The van der Waals surface area contributed by atoms with Crippen LogP contribution in [0.15, 0.2) is 42.5 Å². The Balaban J connectivity index is 2.31. The second kappa shape index (κ2) is 4.52. The summed E-state index contributed by atoms with van der Waals surface area (Å²) < 4.78 is 5.38. The van der Waals surface area contributed by atoms with Crippen LogP contribution in [0.5, 0.6) is 17.2 Å². The van der Waals surface area contributed by atoms with Crippen molar-refractivity contribution in [1.82, 2.24) is 0 Å². The molecule has 0 radical (unpaired) electrons. The molecule has 0 fully saturated rings. The van der Waals surface area contributed by atoms with E-state index in [1.807, 2.05) is 19.9 Å². The van der Waals surface area contributed by atoms with Crippen LogP contribution < -0.4 is 4.74 Å². The predicted octanol–water partition coefficient (Wildman–Crippen LogP) is 2.96. The second-order valence-electron chi connectivity index (χ2n) is 5.58. The third-order valence-corrected chi connectivity index (χ3v) is 4.08. The minimum absolute atomic E-state index is 0.0528. The first kappa shape index (κ1) is 13.5. The fourth-order valence-electron chi connectivity index (χ4n) is 3.12. The molecule has 0 saturated carbocycles. The summed E-state index contributed by atoms with van der Waals surface area (Å²) in [5.41, 5.74) is 0.430. The van der Waals surface area contributed by atoms with Crippen LogP contribution in [-0.2, 0) is 10.2 Å². The number of carbonyl (C=O) groups is 1. The number of hydrogen-bond acceptors (Lipinski definition) is 4. The molecule has 0 spiro atoms. The van der Waals surface area contributed by atoms with E-state index < -0.39 is 5.41 Å². The number of phenolic OH excluding ortho intramolecular Hbond substituents is 2. The van der Waals surface area contributed by atoms with Crippen LogP contribution >= 0.6 is 0 Å². The molecule has 0 bridgehead atoms. The number of phenols is 2. The Morgan fingerprint density at radius 2 is 1.76 bits per heavy atom. The molecule has 1 aliphatic rings. The maximum atomic E-state index is 12.6. The molecular weight excluding hydrogens is 268 g/mol. The largest absolute Gasteiger partial charge is 0.508 e. The maximum absolute atomic E-state index is 12.6. The van der Waals surface area contributed by atoms with Crippen molar-refractivity contribution in [2.75, 3.05) is 0 Å². The highest BCUT2D eigenvalue weighted by atomic mass is 16.5. The number of rotatable bonds is 2. The molecule has 1 aliphatic heterocycles. The Kier molecular flexibility index (Phi) is 2.90. The van der Waals surface area contributed by atoms with Gasteiger partial charge in [0.25, 0.3) is 0 Å². The zero-order valence-electron chi connectivity index (χ0n) is 11.8. The molecular formula is C17H16O4. The minimum atomic E-state index is -0.970. The van der Waals surface area contributed by atoms with E-state index in [1.54, 1.807) is 30.3 Å². The van der Waals surface area contributed by atoms with Crippen LogP contribution in [0, 0.1) is 5.92 Å². The van der Waals surface area contributed by atoms with E-state index in [2.05, 4.69) is 0 Å². The van der Waals surface area contributed by atoms with Gasteiger partial charge in [-0.25, -0.2) is 0 Å². The van der Waals surface area contributed by atoms with Gasteiger partial charge in [-0.1, -0.05) is 32.0 Å². The van der Waals surface area contributed by atoms with Crippen LogP contribution in [0.25, 0.3) is 0 Å². The van der Waals surface area contributed by atoms with E-state index in [-0.39, 0.29) is 23.4 Å². The Hall–Kier alpha value is -2.49. The van der Waals surface area contributed by atoms with Crippen molar-refractivity contribution < 1.29 is 19.7 Å². The van der Waals surface area contributed by atoms with Crippen LogP contribution in [0.4, 0.5) is 0 Å². The quantitative estimate of drug-likeness (QED) is 0.657. The Labute approximate surface area is 122 Å². The third kappa shape index (κ3) is 1.79. The van der Waals surface area contributed by atoms with Gasteiger partial charge in [0, 0.05) is 11.6 Å². The number of ether oxygens (including phenoxy) is 1. The summed E-state index contributed by atoms with van der Waals surface area (Å²) in [5, 5.41) is 19.3. The number of benzene rings is 2. The van der Waals surface area contributed by atoms with Crippen molar-refractivity contribution in [3.63, 3.8) is 0 Å². The minimum Gasteiger partial charge on any atom is -0.508 e. The lowest BCUT2D eigenvalue weighted by Crippen LogP contribution is -2.40. The van der Waals surface area contributed by atoms with E-state index in [9.17, 15) is 15.0 Å². The SMILES string of the molecule is CC(C)C1(c2cccc(O)c2)C(=O)Oc2cc(O)ccc21. The highest BCUT2D eigenvalue weighted by Crippen LogP contribution is 2.50. The number of esters is 1. The third-order valence-electron chi connectivity index (χ3n) is 4.08. The van der Waals surface area contributed by atoms with Crippen molar-refractivity contribution in [1.29, 1.82) is 0 Å². The Bertz CT molecular complexity index is 720. The van der Waals surface area contributed by atoms with Crippen molar-refractivity contribution in [3.05, 3.63) is 53.6 Å². The summed E-state index contributed by atoms with van der Waals surface area (Å²) in [6.07, 6.45) is 0. The Morgan fingerprint density at radius 1 is 1.05 bits per heavy atom. The number of fused-ring (bicyclic) bond motifs is 1. The smallest absolute Gasteiger partial charge is 0.326 e. The van der Waals surface area contributed by atoms with Gasteiger partial charge in [-0.2, -0.15) is 0 Å². The van der Waals surface area contributed by atoms with E-state index in [1.165, 1.54) is 6.07 Å². The van der Waals surface area contributed by atoms with Gasteiger partial charge >= 0.3 is 5.97 Å². The summed E-state index contributed by atoms with van der Waals surface area (Å²) in [6, 6.07) is 11.4. The van der Waals surface area contributed by atoms with Gasteiger partial charge in [0.1, 0.15) is 22.7 Å². The standard InChI is InChI=1S/C17H16O4/c1-10(2)17(11-4-3-5-12(18)8-11)14-7-6-13(19)9-15(14)21-16(17)20/h3-10,18-19H,1-2H3. The van der Waals surface area contributed by atoms with Crippen molar-refractivity contribution in [2.45, 2.75) is 19.3 Å². The molecule has 2 N–H and O–H groups in total. The van der Waals surface area contributed by atoms with Gasteiger partial charge in [-0.05, 0) is 29.7 Å². The second-order valence-corrected chi connectivity index (χ2v) is 5.58. The van der Waals surface area contributed by atoms with E-state index in [0.29, 0.717) is 16.9 Å². The maximum Gasteiger partial charge on any atom is 0.326 e. The van der Waals surface area contributed by atoms with E-state index in [4.69, 9.17) is 4.74 Å². The highest BCUT2D eigenvalue weighted by molar-refractivity contribution is 5.95. The normalized spacial score (nSPS) is 20.4. The van der Waals surface area contributed by atoms with Gasteiger partial charge in [0.2, 0.25) is 0 Å². The average molecular weight is 284 g/mol. The fourth-order valence-corrected chi connectivity index (χ4v) is 3.12.